The highest BCUT2D eigenvalue weighted by Gasteiger charge is 2.19. The third-order valence-electron chi connectivity index (χ3n) is 11.2. The second-order valence-electron chi connectivity index (χ2n) is 16.4. The van der Waals surface area contributed by atoms with Gasteiger partial charge < -0.3 is 61.6 Å². The number of nitrogen functional groups attached to an aromatic ring is 1. The van der Waals surface area contributed by atoms with Crippen molar-refractivity contribution in [2.75, 3.05) is 47.9 Å². The van der Waals surface area contributed by atoms with Gasteiger partial charge in [0.15, 0.2) is 69.0 Å². The molecule has 7 aromatic rings. The molecule has 0 fully saturated rings. The highest BCUT2D eigenvalue weighted by Crippen LogP contribution is 2.37. The molecule has 21 nitrogen and oxygen atoms in total. The van der Waals surface area contributed by atoms with Crippen molar-refractivity contribution in [3.63, 3.8) is 0 Å². The molecule has 7 heterocycles. The Morgan fingerprint density at radius 2 is 0.930 bits per heavy atom. The minimum Gasteiger partial charge on any atom is -0.465 e. The predicted molar refractivity (Wildman–Crippen MR) is 332 cm³/mol. The van der Waals surface area contributed by atoms with Crippen molar-refractivity contribution in [1.82, 2.24) is 10.9 Å². The molecule has 0 saturated heterocycles. The molecular weight excluding hydrogens is 1130 g/mol. The second kappa shape index (κ2) is 36.4. The number of rotatable bonds is 9. The maximum Gasteiger partial charge on any atom is 0.337 e. The van der Waals surface area contributed by atoms with Crippen molar-refractivity contribution in [2.24, 2.45) is 10.9 Å². The third kappa shape index (κ3) is 19.7. The lowest BCUT2D eigenvalue weighted by Crippen LogP contribution is -2.29. The van der Waals surface area contributed by atoms with Crippen LogP contribution < -0.4 is 73.5 Å². The summed E-state index contributed by atoms with van der Waals surface area (Å²) in [5, 5.41) is 5.84. The normalized spacial score (nSPS) is 12.1. The summed E-state index contributed by atoms with van der Waals surface area (Å²) in [5.41, 5.74) is 8.85. The number of esters is 1. The van der Waals surface area contributed by atoms with E-state index in [0.717, 1.165) is 46.1 Å². The fraction of sp³-hybridized carbons (Fsp3) is 0.234. The fourth-order valence-corrected chi connectivity index (χ4v) is 7.90. The lowest BCUT2D eigenvalue weighted by atomic mass is 10.1. The number of carbonyl (C=O) groups is 4. The van der Waals surface area contributed by atoms with Crippen LogP contribution in [0.3, 0.4) is 0 Å². The number of allylic oxidation sites excluding steroid dienone is 2. The molecule has 13 rings (SSSR count). The number of aldehydes is 1. The molecule has 0 radical (unpaired) electrons. The van der Waals surface area contributed by atoms with Gasteiger partial charge in [0.25, 0.3) is 11.8 Å². The number of hydrazone groups is 1. The van der Waals surface area contributed by atoms with E-state index < -0.39 is 0 Å². The van der Waals surface area contributed by atoms with Crippen LogP contribution in [0.1, 0.15) is 109 Å². The highest BCUT2D eigenvalue weighted by atomic mass is 32.1. The van der Waals surface area contributed by atoms with E-state index in [1.165, 1.54) is 12.7 Å². The number of hydrogen-bond acceptors (Lipinski definition) is 20. The molecule has 6 aromatic carbocycles. The average Bonchev–Trinajstić information content (AvgIpc) is 4.14. The molecule has 2 amide bonds. The van der Waals surface area contributed by atoms with Crippen molar-refractivity contribution < 1.29 is 80.8 Å². The number of fused-ring (bicyclic) bond motifs is 6. The zero-order valence-electron chi connectivity index (χ0n) is 43.0. The van der Waals surface area contributed by atoms with Gasteiger partial charge in [-0.05, 0) is 133 Å². The fourth-order valence-electron chi connectivity index (χ4n) is 7.31. The first-order valence-corrected chi connectivity index (χ1v) is 25.0. The Balaban J connectivity index is 0.000000350. The van der Waals surface area contributed by atoms with E-state index in [4.69, 9.17) is 62.7 Å². The molecule has 6 aliphatic heterocycles. The summed E-state index contributed by atoms with van der Waals surface area (Å²) in [6.45, 7) is 7.19. The lowest BCUT2D eigenvalue weighted by Gasteiger charge is -2.01. The van der Waals surface area contributed by atoms with Gasteiger partial charge in [0, 0.05) is 21.6 Å². The van der Waals surface area contributed by atoms with Gasteiger partial charge in [-0.25, -0.2) is 16.1 Å². The van der Waals surface area contributed by atoms with Crippen LogP contribution >= 0.6 is 11.3 Å². The van der Waals surface area contributed by atoms with Gasteiger partial charge in [-0.15, -0.1) is 17.9 Å². The summed E-state index contributed by atoms with van der Waals surface area (Å²) in [6, 6.07) is 35.6. The van der Waals surface area contributed by atoms with Gasteiger partial charge in [0.1, 0.15) is 6.29 Å². The van der Waals surface area contributed by atoms with E-state index in [1.54, 1.807) is 90.3 Å². The molecule has 460 valence electrons. The van der Waals surface area contributed by atoms with E-state index in [-0.39, 0.29) is 89.5 Å². The first-order valence-electron chi connectivity index (χ1n) is 24.2. The number of hydrazine groups is 1. The highest BCUT2D eigenvalue weighted by molar-refractivity contribution is 7.11. The Kier molecular flexibility index (Phi) is 30.4. The van der Waals surface area contributed by atoms with Crippen LogP contribution in [0.2, 0.25) is 0 Å². The molecule has 22 heteroatoms. The molecule has 4 N–H and O–H groups in total. The number of hydrogen-bond donors (Lipinski definition) is 3. The van der Waals surface area contributed by atoms with Crippen LogP contribution in [0.4, 0.5) is 0 Å². The maximum absolute atomic E-state index is 11.9. The van der Waals surface area contributed by atoms with Crippen molar-refractivity contribution in [1.29, 1.82) is 0 Å². The van der Waals surface area contributed by atoms with Crippen molar-refractivity contribution in [2.45, 2.75) is 57.9 Å². The SMILES string of the molecule is C.C.C.C.C.C.C/C=C/c1ccc2c(c1)OCO2.C=CCc1ccc2c(c1)OCO2.COC(=O)c1ccc2c(c1)OCO2.NNC(=O)c1ccc2c(c1)OCO2.O=C(NN=Cc1cccs1)c1ccc2c(c1)OCO2.O=Cc1ccc2c(c1)OCO2. The van der Waals surface area contributed by atoms with Crippen molar-refractivity contribution >= 4 is 47.7 Å². The van der Waals surface area contributed by atoms with Gasteiger partial charge in [-0.2, -0.15) is 5.10 Å². The molecule has 0 bridgehead atoms. The molecule has 0 aliphatic carbocycles. The quantitative estimate of drug-likeness (QED) is 0.0231. The molecular formula is C64H76N4O17S. The Morgan fingerprint density at radius 3 is 1.36 bits per heavy atom. The maximum atomic E-state index is 11.9. The van der Waals surface area contributed by atoms with Gasteiger partial charge in [-0.3, -0.25) is 19.8 Å². The van der Waals surface area contributed by atoms with Gasteiger partial charge in [0.05, 0.1) is 18.9 Å². The smallest absolute Gasteiger partial charge is 0.337 e. The number of nitrogens with one attached hydrogen (secondary N) is 2. The summed E-state index contributed by atoms with van der Waals surface area (Å²) < 4.78 is 66.3. The summed E-state index contributed by atoms with van der Waals surface area (Å²) in [4.78, 5) is 45.3. The Bertz CT molecular complexity index is 3300. The van der Waals surface area contributed by atoms with E-state index in [2.05, 4.69) is 21.8 Å². The monoisotopic (exact) mass is 1200 g/mol. The average molecular weight is 1210 g/mol. The summed E-state index contributed by atoms with van der Waals surface area (Å²) in [7, 11) is 1.34. The van der Waals surface area contributed by atoms with E-state index in [0.29, 0.717) is 81.8 Å². The van der Waals surface area contributed by atoms with Gasteiger partial charge >= 0.3 is 5.97 Å². The van der Waals surface area contributed by atoms with Gasteiger partial charge in [-0.1, -0.05) is 81.0 Å². The molecule has 1 aromatic heterocycles. The Labute approximate surface area is 506 Å². The van der Waals surface area contributed by atoms with Crippen LogP contribution in [0.15, 0.2) is 151 Å². The molecule has 0 atom stereocenters. The summed E-state index contributed by atoms with van der Waals surface area (Å²) in [6.07, 6.45) is 9.16. The Hall–Kier alpha value is -10.2. The number of amides is 2. The summed E-state index contributed by atoms with van der Waals surface area (Å²) >= 11 is 1.55. The van der Waals surface area contributed by atoms with Crippen LogP contribution in [0.25, 0.3) is 6.08 Å². The standard InChI is InChI=1S/C13H10N2O3S.2C10H10O2.C9H8O4.C8H8N2O3.C8H6O3.6CH4/c16-13(15-14-7-10-2-1-5-19-10)9-3-4-11-12(6-9)18-8-17-11;2*1-2-3-8-4-5-9-10(6-8)12-7-11-9;1-11-9(10)6-2-3-7-8(4-6)13-5-12-7;9-10-8(11)5-1-2-6-7(3-5)13-4-12-6;9-4-6-1-2-7-8(3-6)11-5-10-7;;;;;;/h1-7H,8H2,(H,15,16);2-6H,7H2,1H3;2,4-6H,1,3,7H2;2-4H,5H2,1H3;1-3H,4,9H2,(H,10,11);1-4H,5H2;6*1H4/b;3-2+;;;;;;;;;;. The number of nitrogens with two attached hydrogens (primary N) is 1. The first-order chi connectivity index (χ1) is 39.1. The third-order valence-corrected chi connectivity index (χ3v) is 12.0. The number of benzene rings is 6. The molecule has 0 saturated carbocycles. The second-order valence-corrected chi connectivity index (χ2v) is 17.4. The first kappa shape index (κ1) is 71.9. The Morgan fingerprint density at radius 1 is 0.535 bits per heavy atom. The van der Waals surface area contributed by atoms with E-state index >= 15 is 0 Å². The largest absolute Gasteiger partial charge is 0.465 e. The number of methoxy groups -OCH3 is 1. The molecule has 6 aliphatic rings. The topological polar surface area (TPSA) is 251 Å². The molecule has 0 spiro atoms. The van der Waals surface area contributed by atoms with Crippen LogP contribution in [-0.4, -0.2) is 78.2 Å². The lowest BCUT2D eigenvalue weighted by molar-refractivity contribution is 0.0599. The number of thiophene rings is 1. The summed E-state index contributed by atoms with van der Waals surface area (Å²) in [5.74, 6) is 12.4. The number of carbonyl (C=O) groups excluding carboxylic acids is 4. The van der Waals surface area contributed by atoms with Crippen molar-refractivity contribution in [3.8, 4) is 69.0 Å². The zero-order chi connectivity index (χ0) is 56.1. The van der Waals surface area contributed by atoms with E-state index in [1.807, 2.05) is 84.5 Å². The van der Waals surface area contributed by atoms with Crippen LogP contribution in [0, 0.1) is 0 Å². The predicted octanol–water partition coefficient (Wildman–Crippen LogP) is 13.1. The van der Waals surface area contributed by atoms with E-state index in [9.17, 15) is 19.2 Å². The number of nitrogens with zero attached hydrogens (tertiary/aromatic N) is 1. The minimum atomic E-state index is -0.377. The van der Waals surface area contributed by atoms with Crippen LogP contribution in [0.5, 0.6) is 69.0 Å². The molecule has 86 heavy (non-hydrogen) atoms. The van der Waals surface area contributed by atoms with Gasteiger partial charge in [0.2, 0.25) is 40.8 Å². The minimum absolute atomic E-state index is 0. The van der Waals surface area contributed by atoms with Crippen molar-refractivity contribution in [3.05, 3.63) is 184 Å². The van der Waals surface area contributed by atoms with Crippen LogP contribution in [-0.2, 0) is 11.2 Å². The molecule has 0 unspecified atom stereocenters. The zero-order valence-corrected chi connectivity index (χ0v) is 43.9. The number of ether oxygens (including phenoxy) is 13.